The van der Waals surface area contributed by atoms with Crippen molar-refractivity contribution in [2.45, 2.75) is 32.9 Å². The predicted octanol–water partition coefficient (Wildman–Crippen LogP) is -0.191. The highest BCUT2D eigenvalue weighted by atomic mass is 79.9. The molecule has 0 aliphatic rings. The second-order valence-corrected chi connectivity index (χ2v) is 7.70. The van der Waals surface area contributed by atoms with Crippen LogP contribution in [0, 0.1) is 0 Å². The third kappa shape index (κ3) is 10.2. The molecule has 0 aliphatic carbocycles. The van der Waals surface area contributed by atoms with Crippen molar-refractivity contribution < 1.29 is 40.5 Å². The van der Waals surface area contributed by atoms with Gasteiger partial charge in [0.25, 0.3) is 0 Å². The molecular weight excluding hydrogens is 388 g/mol. The number of hydrogen-bond donors (Lipinski definition) is 1. The first-order valence-corrected chi connectivity index (χ1v) is 8.07. The Balaban J connectivity index is 0.00000576. The molecule has 0 unspecified atom stereocenters. The van der Waals surface area contributed by atoms with Crippen LogP contribution in [0.1, 0.15) is 26.3 Å². The van der Waals surface area contributed by atoms with E-state index in [4.69, 9.17) is 14.2 Å². The van der Waals surface area contributed by atoms with Gasteiger partial charge in [-0.05, 0) is 38.5 Å². The maximum Gasteiger partial charge on any atom is 0.407 e. The molecule has 0 saturated heterocycles. The van der Waals surface area contributed by atoms with E-state index in [9.17, 15) is 4.79 Å². The van der Waals surface area contributed by atoms with E-state index in [-0.39, 0.29) is 17.0 Å². The van der Waals surface area contributed by atoms with Gasteiger partial charge >= 0.3 is 6.09 Å². The second kappa shape index (κ2) is 9.87. The monoisotopic (exact) mass is 418 g/mol. The number of halogens is 1. The third-order valence-electron chi connectivity index (χ3n) is 3.08. The fourth-order valence-electron chi connectivity index (χ4n) is 1.86. The fourth-order valence-corrected chi connectivity index (χ4v) is 1.86. The summed E-state index contributed by atoms with van der Waals surface area (Å²) in [4.78, 5) is 11.7. The summed E-state index contributed by atoms with van der Waals surface area (Å²) in [5.74, 6) is 1.35. The van der Waals surface area contributed by atoms with E-state index < -0.39 is 11.7 Å². The molecule has 0 heterocycles. The number of ether oxygens (including phenoxy) is 3. The number of quaternary nitrogens is 1. The van der Waals surface area contributed by atoms with Gasteiger partial charge in [-0.3, -0.25) is 0 Å². The van der Waals surface area contributed by atoms with E-state index in [1.54, 1.807) is 7.11 Å². The molecule has 1 rings (SSSR count). The molecule has 7 heteroatoms. The van der Waals surface area contributed by atoms with E-state index in [0.29, 0.717) is 24.7 Å². The smallest absolute Gasteiger partial charge is 0.407 e. The van der Waals surface area contributed by atoms with Gasteiger partial charge in [0.15, 0.2) is 11.5 Å². The van der Waals surface area contributed by atoms with Gasteiger partial charge in [-0.1, -0.05) is 6.07 Å². The summed E-state index contributed by atoms with van der Waals surface area (Å²) in [6.07, 6.45) is -0.440. The number of rotatable bonds is 7. The van der Waals surface area contributed by atoms with Gasteiger partial charge in [0.1, 0.15) is 18.8 Å². The second-order valence-electron chi connectivity index (χ2n) is 7.70. The summed E-state index contributed by atoms with van der Waals surface area (Å²) in [7, 11) is 7.96. The number of methoxy groups -OCH3 is 1. The zero-order chi connectivity index (χ0) is 18.4. The summed E-state index contributed by atoms with van der Waals surface area (Å²) >= 11 is 0. The number of nitrogens with one attached hydrogen (secondary N) is 1. The molecule has 0 atom stereocenters. The van der Waals surface area contributed by atoms with Crippen LogP contribution in [-0.4, -0.2) is 57.6 Å². The number of carbonyl (C=O) groups is 1. The minimum absolute atomic E-state index is 0. The van der Waals surface area contributed by atoms with Crippen LogP contribution in [0.25, 0.3) is 0 Å². The molecule has 1 aromatic carbocycles. The Morgan fingerprint density at radius 3 is 2.32 bits per heavy atom. The Morgan fingerprint density at radius 2 is 1.80 bits per heavy atom. The van der Waals surface area contributed by atoms with Crippen LogP contribution in [0.15, 0.2) is 18.2 Å². The van der Waals surface area contributed by atoms with Crippen LogP contribution < -0.4 is 31.8 Å². The molecule has 0 spiro atoms. The summed E-state index contributed by atoms with van der Waals surface area (Å²) in [6.45, 7) is 7.36. The Bertz CT molecular complexity index is 551. The van der Waals surface area contributed by atoms with Crippen LogP contribution in [-0.2, 0) is 11.3 Å². The highest BCUT2D eigenvalue weighted by Gasteiger charge is 2.16. The average molecular weight is 419 g/mol. The maximum absolute atomic E-state index is 11.7. The van der Waals surface area contributed by atoms with Crippen molar-refractivity contribution in [1.82, 2.24) is 5.32 Å². The Morgan fingerprint density at radius 1 is 1.16 bits per heavy atom. The number of nitrogens with zero attached hydrogens (tertiary/aromatic N) is 1. The summed E-state index contributed by atoms with van der Waals surface area (Å²) in [6, 6.07) is 5.63. The Kier molecular flexibility index (Phi) is 9.29. The van der Waals surface area contributed by atoms with E-state index >= 15 is 0 Å². The van der Waals surface area contributed by atoms with Gasteiger partial charge in [0.05, 0.1) is 28.3 Å². The molecule has 1 amide bonds. The molecule has 1 N–H and O–H groups in total. The van der Waals surface area contributed by atoms with Crippen molar-refractivity contribution in [3.8, 4) is 11.5 Å². The lowest BCUT2D eigenvalue weighted by atomic mass is 10.2. The number of benzene rings is 1. The first-order valence-electron chi connectivity index (χ1n) is 8.07. The average Bonchev–Trinajstić information content (AvgIpc) is 2.42. The van der Waals surface area contributed by atoms with Crippen LogP contribution in [0.4, 0.5) is 4.79 Å². The first-order chi connectivity index (χ1) is 11.0. The topological polar surface area (TPSA) is 56.8 Å². The van der Waals surface area contributed by atoms with Crippen LogP contribution in [0.5, 0.6) is 11.5 Å². The van der Waals surface area contributed by atoms with Crippen molar-refractivity contribution in [3.63, 3.8) is 0 Å². The van der Waals surface area contributed by atoms with Crippen molar-refractivity contribution in [3.05, 3.63) is 23.8 Å². The normalized spacial score (nSPS) is 11.3. The van der Waals surface area contributed by atoms with E-state index in [1.165, 1.54) is 0 Å². The lowest BCUT2D eigenvalue weighted by Crippen LogP contribution is -3.00. The summed E-state index contributed by atoms with van der Waals surface area (Å²) in [5, 5.41) is 2.73. The lowest BCUT2D eigenvalue weighted by Gasteiger charge is -2.24. The van der Waals surface area contributed by atoms with Gasteiger partial charge in [-0.2, -0.15) is 0 Å². The fraction of sp³-hybridized carbons (Fsp3) is 0.611. The molecule has 0 aromatic heterocycles. The highest BCUT2D eigenvalue weighted by molar-refractivity contribution is 5.67. The molecule has 25 heavy (non-hydrogen) atoms. The van der Waals surface area contributed by atoms with E-state index in [1.807, 2.05) is 39.0 Å². The Labute approximate surface area is 161 Å². The maximum atomic E-state index is 11.7. The van der Waals surface area contributed by atoms with Crippen molar-refractivity contribution in [2.24, 2.45) is 0 Å². The molecule has 0 bridgehead atoms. The Hall–Kier alpha value is -1.47. The number of alkyl carbamates (subject to hydrolysis) is 1. The van der Waals surface area contributed by atoms with Crippen molar-refractivity contribution in [2.75, 3.05) is 41.4 Å². The van der Waals surface area contributed by atoms with Crippen LogP contribution in [0.3, 0.4) is 0 Å². The minimum Gasteiger partial charge on any atom is -1.00 e. The van der Waals surface area contributed by atoms with Crippen LogP contribution in [0.2, 0.25) is 0 Å². The number of likely N-dealkylation sites (N-methyl/N-ethyl adjacent to an activating group) is 1. The predicted molar refractivity (Wildman–Crippen MR) is 94.5 cm³/mol. The van der Waals surface area contributed by atoms with Gasteiger partial charge in [0.2, 0.25) is 0 Å². The summed E-state index contributed by atoms with van der Waals surface area (Å²) < 4.78 is 17.2. The molecule has 6 nitrogen and oxygen atoms in total. The quantitative estimate of drug-likeness (QED) is 0.623. The van der Waals surface area contributed by atoms with Crippen molar-refractivity contribution in [1.29, 1.82) is 0 Å². The largest absolute Gasteiger partial charge is 1.00 e. The van der Waals surface area contributed by atoms with E-state index in [2.05, 4.69) is 26.5 Å². The number of hydrogen-bond acceptors (Lipinski definition) is 4. The van der Waals surface area contributed by atoms with Gasteiger partial charge in [-0.15, -0.1) is 0 Å². The number of amides is 1. The molecule has 0 fully saturated rings. The van der Waals surface area contributed by atoms with Gasteiger partial charge in [-0.25, -0.2) is 4.79 Å². The third-order valence-corrected chi connectivity index (χ3v) is 3.08. The zero-order valence-electron chi connectivity index (χ0n) is 16.3. The van der Waals surface area contributed by atoms with Crippen LogP contribution >= 0.6 is 0 Å². The molecular formula is C18H31BrN2O4. The summed E-state index contributed by atoms with van der Waals surface area (Å²) in [5.41, 5.74) is 0.405. The molecule has 0 saturated carbocycles. The van der Waals surface area contributed by atoms with E-state index in [0.717, 1.165) is 16.6 Å². The van der Waals surface area contributed by atoms with Gasteiger partial charge < -0.3 is 41.0 Å². The molecule has 1 aromatic rings. The first kappa shape index (κ1) is 23.5. The SMILES string of the molecule is COc1cc(CNC(=O)OC(C)(C)C)ccc1OCC[N+](C)(C)C.[Br-]. The standard InChI is InChI=1S/C18H30N2O4.BrH/c1-18(2,3)24-17(21)19-13-14-8-9-15(16(12-14)22-7)23-11-10-20(4,5)6;/h8-9,12H,10-11,13H2,1-7H3;1H. The minimum atomic E-state index is -0.509. The molecule has 0 radical (unpaired) electrons. The lowest BCUT2D eigenvalue weighted by molar-refractivity contribution is -0.870. The van der Waals surface area contributed by atoms with Gasteiger partial charge in [0, 0.05) is 6.54 Å². The zero-order valence-corrected chi connectivity index (χ0v) is 17.9. The highest BCUT2D eigenvalue weighted by Crippen LogP contribution is 2.28. The number of carbonyl (C=O) groups excluding carboxylic acids is 1. The molecule has 144 valence electrons. The molecule has 0 aliphatic heterocycles. The van der Waals surface area contributed by atoms with Crippen molar-refractivity contribution >= 4 is 6.09 Å².